The van der Waals surface area contributed by atoms with Gasteiger partial charge in [-0.25, -0.2) is 8.78 Å². The molecule has 22 heavy (non-hydrogen) atoms. The highest BCUT2D eigenvalue weighted by atomic mass is 19.1. The lowest BCUT2D eigenvalue weighted by molar-refractivity contribution is 0.0908. The van der Waals surface area contributed by atoms with Crippen LogP contribution in [0.4, 0.5) is 8.78 Å². The van der Waals surface area contributed by atoms with Gasteiger partial charge in [-0.1, -0.05) is 6.07 Å². The Kier molecular flexibility index (Phi) is 3.94. The van der Waals surface area contributed by atoms with Crippen LogP contribution in [0.25, 0.3) is 0 Å². The van der Waals surface area contributed by atoms with Crippen LogP contribution in [-0.4, -0.2) is 17.1 Å². The van der Waals surface area contributed by atoms with Gasteiger partial charge in [0.1, 0.15) is 30.3 Å². The molecule has 2 N–H and O–H groups in total. The van der Waals surface area contributed by atoms with Gasteiger partial charge in [0, 0.05) is 12.1 Å². The lowest BCUT2D eigenvalue weighted by Crippen LogP contribution is -2.43. The Bertz CT molecular complexity index is 692. The highest BCUT2D eigenvalue weighted by Crippen LogP contribution is 2.38. The minimum absolute atomic E-state index is 0.0109. The summed E-state index contributed by atoms with van der Waals surface area (Å²) >= 11 is 0. The summed E-state index contributed by atoms with van der Waals surface area (Å²) in [5, 5.41) is 11.7. The van der Waals surface area contributed by atoms with Gasteiger partial charge in [-0.05, 0) is 36.5 Å². The lowest BCUT2D eigenvalue weighted by atomic mass is 9.75. The number of halogens is 2. The molecule has 1 aromatic carbocycles. The molecule has 3 rings (SSSR count). The quantitative estimate of drug-likeness (QED) is 0.913. The van der Waals surface area contributed by atoms with E-state index in [0.717, 1.165) is 6.07 Å². The summed E-state index contributed by atoms with van der Waals surface area (Å²) in [5.74, 6) is -1.11. The van der Waals surface area contributed by atoms with E-state index in [9.17, 15) is 13.6 Å². The second-order valence-electron chi connectivity index (χ2n) is 5.46. The maximum Gasteiger partial charge on any atom is 0.254 e. The van der Waals surface area contributed by atoms with Crippen molar-refractivity contribution in [2.45, 2.75) is 31.4 Å². The van der Waals surface area contributed by atoms with Gasteiger partial charge in [0.2, 0.25) is 0 Å². The summed E-state index contributed by atoms with van der Waals surface area (Å²) in [6, 6.07) is 5.01. The Labute approximate surface area is 125 Å². The van der Waals surface area contributed by atoms with Crippen molar-refractivity contribution in [3.63, 3.8) is 0 Å². The molecule has 116 valence electrons. The maximum absolute atomic E-state index is 13.7. The van der Waals surface area contributed by atoms with Gasteiger partial charge in [0.15, 0.2) is 0 Å². The summed E-state index contributed by atoms with van der Waals surface area (Å²) in [6.07, 6.45) is 2.51. The second-order valence-corrected chi connectivity index (χ2v) is 5.46. The van der Waals surface area contributed by atoms with Crippen molar-refractivity contribution in [2.75, 3.05) is 0 Å². The predicted octanol–water partition coefficient (Wildman–Crippen LogP) is 2.73. The highest BCUT2D eigenvalue weighted by Gasteiger charge is 2.33. The molecule has 6 heteroatoms. The first-order valence-corrected chi connectivity index (χ1v) is 7.01. The zero-order valence-corrected chi connectivity index (χ0v) is 11.7. The van der Waals surface area contributed by atoms with E-state index in [2.05, 4.69) is 5.32 Å². The zero-order chi connectivity index (χ0) is 15.7. The van der Waals surface area contributed by atoms with Crippen LogP contribution in [0.3, 0.4) is 0 Å². The minimum Gasteiger partial charge on any atom is -0.466 e. The topological polar surface area (TPSA) is 62.5 Å². The molecule has 1 heterocycles. The van der Waals surface area contributed by atoms with Crippen LogP contribution >= 0.6 is 0 Å². The number of hydrogen-bond acceptors (Lipinski definition) is 3. The predicted molar refractivity (Wildman–Crippen MR) is 74.2 cm³/mol. The number of amides is 1. The fraction of sp³-hybridized carbons (Fsp3) is 0.312. The third-order valence-corrected chi connectivity index (χ3v) is 3.95. The summed E-state index contributed by atoms with van der Waals surface area (Å²) in [4.78, 5) is 12.0. The molecular weight excluding hydrogens is 292 g/mol. The molecular formula is C16H15F2NO3. The minimum atomic E-state index is -0.593. The zero-order valence-electron chi connectivity index (χ0n) is 11.7. The smallest absolute Gasteiger partial charge is 0.254 e. The van der Waals surface area contributed by atoms with E-state index in [-0.39, 0.29) is 24.5 Å². The molecule has 1 aromatic heterocycles. The van der Waals surface area contributed by atoms with E-state index >= 15 is 0 Å². The molecule has 0 unspecified atom stereocenters. The van der Waals surface area contributed by atoms with Crippen molar-refractivity contribution in [1.29, 1.82) is 0 Å². The van der Waals surface area contributed by atoms with Crippen LogP contribution in [-0.2, 0) is 6.61 Å². The Hall–Kier alpha value is -2.21. The van der Waals surface area contributed by atoms with Crippen LogP contribution in [0.15, 0.2) is 34.9 Å². The Morgan fingerprint density at radius 3 is 2.73 bits per heavy atom. The normalized spacial score (nSPS) is 20.5. The van der Waals surface area contributed by atoms with Crippen LogP contribution in [0.1, 0.15) is 40.4 Å². The number of aliphatic hydroxyl groups is 1. The van der Waals surface area contributed by atoms with Gasteiger partial charge in [-0.2, -0.15) is 0 Å². The van der Waals surface area contributed by atoms with Gasteiger partial charge in [-0.3, -0.25) is 4.79 Å². The standard InChI is InChI=1S/C16H15F2NO3/c17-11-1-2-14(15(18)6-11)9-3-12(4-9)19-16(21)10-5-13(7-20)22-8-10/h1-2,5-6,8-9,12,20H,3-4,7H2,(H,19,21). The van der Waals surface area contributed by atoms with E-state index in [1.54, 1.807) is 0 Å². The number of carbonyl (C=O) groups excluding carboxylic acids is 1. The molecule has 0 saturated heterocycles. The summed E-state index contributed by atoms with van der Waals surface area (Å²) in [6.45, 7) is -0.261. The van der Waals surface area contributed by atoms with E-state index < -0.39 is 11.6 Å². The van der Waals surface area contributed by atoms with Crippen molar-refractivity contribution >= 4 is 5.91 Å². The molecule has 0 bridgehead atoms. The number of carbonyl (C=O) groups is 1. The molecule has 1 aliphatic rings. The number of hydrogen-bond donors (Lipinski definition) is 2. The number of furan rings is 1. The number of nitrogens with one attached hydrogen (secondary N) is 1. The average Bonchev–Trinajstić information content (AvgIpc) is 2.92. The first-order valence-electron chi connectivity index (χ1n) is 7.01. The second kappa shape index (κ2) is 5.88. The van der Waals surface area contributed by atoms with Crippen molar-refractivity contribution in [3.05, 3.63) is 59.1 Å². The fourth-order valence-electron chi connectivity index (χ4n) is 2.67. The van der Waals surface area contributed by atoms with Crippen LogP contribution in [0, 0.1) is 11.6 Å². The molecule has 0 atom stereocenters. The van der Waals surface area contributed by atoms with Crippen LogP contribution < -0.4 is 5.32 Å². The Morgan fingerprint density at radius 2 is 2.09 bits per heavy atom. The molecule has 0 aliphatic heterocycles. The molecule has 0 radical (unpaired) electrons. The van der Waals surface area contributed by atoms with Crippen LogP contribution in [0.2, 0.25) is 0 Å². The number of rotatable bonds is 4. The molecule has 0 spiro atoms. The van der Waals surface area contributed by atoms with Gasteiger partial charge in [0.25, 0.3) is 5.91 Å². The van der Waals surface area contributed by atoms with Gasteiger partial charge >= 0.3 is 0 Å². The molecule has 1 fully saturated rings. The van der Waals surface area contributed by atoms with E-state index in [1.807, 2.05) is 0 Å². The first-order chi connectivity index (χ1) is 10.6. The van der Waals surface area contributed by atoms with Gasteiger partial charge < -0.3 is 14.8 Å². The molecule has 4 nitrogen and oxygen atoms in total. The third kappa shape index (κ3) is 2.87. The number of aliphatic hydroxyl groups excluding tert-OH is 1. The van der Waals surface area contributed by atoms with Crippen molar-refractivity contribution in [2.24, 2.45) is 0 Å². The summed E-state index contributed by atoms with van der Waals surface area (Å²) in [5.41, 5.74) is 0.832. The molecule has 1 aliphatic carbocycles. The first kappa shape index (κ1) is 14.7. The summed E-state index contributed by atoms with van der Waals surface area (Å²) in [7, 11) is 0. The maximum atomic E-state index is 13.7. The fourth-order valence-corrected chi connectivity index (χ4v) is 2.67. The number of benzene rings is 1. The largest absolute Gasteiger partial charge is 0.466 e. The molecule has 1 amide bonds. The molecule has 1 saturated carbocycles. The van der Waals surface area contributed by atoms with E-state index in [1.165, 1.54) is 24.5 Å². The SMILES string of the molecule is O=C(NC1CC(c2ccc(F)cc2F)C1)c1coc(CO)c1. The van der Waals surface area contributed by atoms with Gasteiger partial charge in [-0.15, -0.1) is 0 Å². The Morgan fingerprint density at radius 1 is 1.32 bits per heavy atom. The van der Waals surface area contributed by atoms with Gasteiger partial charge in [0.05, 0.1) is 5.56 Å². The van der Waals surface area contributed by atoms with Crippen molar-refractivity contribution in [1.82, 2.24) is 5.32 Å². The highest BCUT2D eigenvalue weighted by molar-refractivity contribution is 5.94. The van der Waals surface area contributed by atoms with E-state index in [4.69, 9.17) is 9.52 Å². The lowest BCUT2D eigenvalue weighted by Gasteiger charge is -2.36. The van der Waals surface area contributed by atoms with Crippen molar-refractivity contribution in [3.8, 4) is 0 Å². The Balaban J connectivity index is 1.56. The molecule has 2 aromatic rings. The monoisotopic (exact) mass is 307 g/mol. The van der Waals surface area contributed by atoms with Crippen LogP contribution in [0.5, 0.6) is 0 Å². The van der Waals surface area contributed by atoms with E-state index in [0.29, 0.717) is 29.7 Å². The summed E-state index contributed by atoms with van der Waals surface area (Å²) < 4.78 is 31.5. The average molecular weight is 307 g/mol. The third-order valence-electron chi connectivity index (χ3n) is 3.95. The van der Waals surface area contributed by atoms with Crippen molar-refractivity contribution < 1.29 is 23.1 Å².